The van der Waals surface area contributed by atoms with E-state index in [-0.39, 0.29) is 11.6 Å². The Morgan fingerprint density at radius 1 is 1.06 bits per heavy atom. The number of hydrogen-bond acceptors (Lipinski definition) is 6. The molecule has 2 aromatic carbocycles. The van der Waals surface area contributed by atoms with Crippen molar-refractivity contribution in [1.29, 1.82) is 0 Å². The van der Waals surface area contributed by atoms with Crippen molar-refractivity contribution in [3.63, 3.8) is 0 Å². The number of halogens is 1. The van der Waals surface area contributed by atoms with Gasteiger partial charge in [0.25, 0.3) is 5.56 Å². The molecule has 4 N–H and O–H groups in total. The fourth-order valence-electron chi connectivity index (χ4n) is 5.19. The lowest BCUT2D eigenvalue weighted by molar-refractivity contribution is 0.313. The molecule has 2 saturated heterocycles. The number of piperidine rings is 1. The van der Waals surface area contributed by atoms with Gasteiger partial charge in [0.1, 0.15) is 11.4 Å². The van der Waals surface area contributed by atoms with Crippen molar-refractivity contribution in [3.8, 4) is 11.4 Å². The highest BCUT2D eigenvalue weighted by Crippen LogP contribution is 2.34. The van der Waals surface area contributed by atoms with Crippen LogP contribution in [0.1, 0.15) is 12.8 Å². The highest BCUT2D eigenvalue weighted by atomic mass is 35.5. The maximum atomic E-state index is 13.4. The molecular weight excluding hydrogens is 462 g/mol. The lowest BCUT2D eigenvalue weighted by atomic mass is 10.0. The number of aromatic amines is 2. The minimum atomic E-state index is -0.176. The first-order chi connectivity index (χ1) is 17.0. The van der Waals surface area contributed by atoms with Gasteiger partial charge < -0.3 is 30.4 Å². The molecule has 0 bridgehead atoms. The van der Waals surface area contributed by atoms with Gasteiger partial charge in [0.2, 0.25) is 0 Å². The number of pyridine rings is 1. The standard InChI is InChI=1S/C26H30ClN7O/c1-33-9-11-34(12-10-33)18-5-7-21-22(14-18)31-25(30-21)23-24(29-17-3-2-8-28-15-17)19-13-16(27)4-6-20(19)32-26(23)35/h4-7,13-14,17,28H,2-3,8-12,15H2,1H3,(H,30,31)(H2,29,32,35). The van der Waals surface area contributed by atoms with Crippen LogP contribution in [0.2, 0.25) is 5.02 Å². The first kappa shape index (κ1) is 22.4. The zero-order valence-electron chi connectivity index (χ0n) is 19.8. The summed E-state index contributed by atoms with van der Waals surface area (Å²) in [7, 11) is 2.16. The van der Waals surface area contributed by atoms with Crippen LogP contribution >= 0.6 is 11.6 Å². The number of likely N-dealkylation sites (N-methyl/N-ethyl adjacent to an activating group) is 1. The zero-order valence-corrected chi connectivity index (χ0v) is 20.6. The fraction of sp³-hybridized carbons (Fsp3) is 0.385. The van der Waals surface area contributed by atoms with E-state index in [4.69, 9.17) is 16.6 Å². The molecule has 1 atom stereocenters. The van der Waals surface area contributed by atoms with Crippen molar-refractivity contribution in [2.45, 2.75) is 18.9 Å². The number of hydrogen-bond donors (Lipinski definition) is 4. The van der Waals surface area contributed by atoms with Gasteiger partial charge in [-0.1, -0.05) is 11.6 Å². The Balaban J connectivity index is 1.45. The SMILES string of the molecule is CN1CCN(c2ccc3[nH]c(-c4c(NC5CCCNC5)c5cc(Cl)ccc5[nH]c4=O)nc3c2)CC1. The Morgan fingerprint density at radius 3 is 2.69 bits per heavy atom. The van der Waals surface area contributed by atoms with Gasteiger partial charge in [-0.15, -0.1) is 0 Å². The Morgan fingerprint density at radius 2 is 1.89 bits per heavy atom. The second-order valence-corrected chi connectivity index (χ2v) is 10.1. The second kappa shape index (κ2) is 9.18. The monoisotopic (exact) mass is 491 g/mol. The Labute approximate surface area is 208 Å². The molecule has 4 heterocycles. The number of piperazine rings is 1. The van der Waals surface area contributed by atoms with Crippen LogP contribution in [0.25, 0.3) is 33.3 Å². The van der Waals surface area contributed by atoms with Gasteiger partial charge >= 0.3 is 0 Å². The van der Waals surface area contributed by atoms with E-state index in [1.54, 1.807) is 6.07 Å². The van der Waals surface area contributed by atoms with Crippen molar-refractivity contribution < 1.29 is 0 Å². The summed E-state index contributed by atoms with van der Waals surface area (Å²) in [6, 6.07) is 12.1. The molecular formula is C26H30ClN7O. The predicted molar refractivity (Wildman–Crippen MR) is 144 cm³/mol. The van der Waals surface area contributed by atoms with Crippen LogP contribution in [0.15, 0.2) is 41.2 Å². The van der Waals surface area contributed by atoms with E-state index in [2.05, 4.69) is 55.6 Å². The van der Waals surface area contributed by atoms with Gasteiger partial charge in [0, 0.05) is 54.9 Å². The van der Waals surface area contributed by atoms with Gasteiger partial charge in [-0.3, -0.25) is 4.79 Å². The number of nitrogens with zero attached hydrogens (tertiary/aromatic N) is 3. The maximum absolute atomic E-state index is 13.4. The summed E-state index contributed by atoms with van der Waals surface area (Å²) in [6.07, 6.45) is 2.13. The molecule has 8 nitrogen and oxygen atoms in total. The van der Waals surface area contributed by atoms with E-state index in [1.165, 1.54) is 0 Å². The maximum Gasteiger partial charge on any atom is 0.261 e. The highest BCUT2D eigenvalue weighted by Gasteiger charge is 2.22. The number of fused-ring (bicyclic) bond motifs is 2. The first-order valence-electron chi connectivity index (χ1n) is 12.3. The summed E-state index contributed by atoms with van der Waals surface area (Å²) in [6.45, 7) is 5.95. The predicted octanol–water partition coefficient (Wildman–Crippen LogP) is 3.64. The summed E-state index contributed by atoms with van der Waals surface area (Å²) in [4.78, 5) is 29.4. The Kier molecular flexibility index (Phi) is 5.88. The van der Waals surface area contributed by atoms with Crippen LogP contribution in [0, 0.1) is 0 Å². The molecule has 2 aliphatic rings. The molecule has 4 aromatic rings. The first-order valence-corrected chi connectivity index (χ1v) is 12.7. The summed E-state index contributed by atoms with van der Waals surface area (Å²) >= 11 is 6.37. The van der Waals surface area contributed by atoms with Crippen molar-refractivity contribution in [1.82, 2.24) is 25.2 Å². The molecule has 6 rings (SSSR count). The molecule has 2 fully saturated rings. The Hall–Kier alpha value is -3.07. The summed E-state index contributed by atoms with van der Waals surface area (Å²) in [5.74, 6) is 0.560. The second-order valence-electron chi connectivity index (χ2n) is 9.66. The van der Waals surface area contributed by atoms with Crippen LogP contribution in [-0.2, 0) is 0 Å². The summed E-state index contributed by atoms with van der Waals surface area (Å²) < 4.78 is 0. The average Bonchev–Trinajstić information content (AvgIpc) is 3.28. The Bertz CT molecular complexity index is 1430. The molecule has 0 radical (unpaired) electrons. The van der Waals surface area contributed by atoms with Gasteiger partial charge in [0.05, 0.1) is 22.2 Å². The molecule has 0 aliphatic carbocycles. The molecule has 9 heteroatoms. The molecule has 0 amide bonds. The van der Waals surface area contributed by atoms with E-state index >= 15 is 0 Å². The van der Waals surface area contributed by atoms with Crippen LogP contribution in [0.5, 0.6) is 0 Å². The van der Waals surface area contributed by atoms with Crippen LogP contribution in [0.3, 0.4) is 0 Å². The van der Waals surface area contributed by atoms with Crippen molar-refractivity contribution in [2.75, 3.05) is 56.5 Å². The van der Waals surface area contributed by atoms with E-state index in [1.807, 2.05) is 12.1 Å². The zero-order chi connectivity index (χ0) is 23.9. The lowest BCUT2D eigenvalue weighted by Crippen LogP contribution is -2.44. The number of rotatable bonds is 4. The molecule has 0 spiro atoms. The topological polar surface area (TPSA) is 92.1 Å². The fourth-order valence-corrected chi connectivity index (χ4v) is 5.37. The molecule has 182 valence electrons. The smallest absolute Gasteiger partial charge is 0.261 e. The third-order valence-electron chi connectivity index (χ3n) is 7.19. The minimum absolute atomic E-state index is 0.176. The largest absolute Gasteiger partial charge is 0.380 e. The number of aromatic nitrogens is 3. The third kappa shape index (κ3) is 4.37. The summed E-state index contributed by atoms with van der Waals surface area (Å²) in [5, 5.41) is 8.61. The van der Waals surface area contributed by atoms with Crippen LogP contribution < -0.4 is 21.1 Å². The highest BCUT2D eigenvalue weighted by molar-refractivity contribution is 6.31. The van der Waals surface area contributed by atoms with Crippen LogP contribution in [0.4, 0.5) is 11.4 Å². The van der Waals surface area contributed by atoms with Gasteiger partial charge in [-0.05, 0) is 62.8 Å². The molecule has 2 aromatic heterocycles. The molecule has 35 heavy (non-hydrogen) atoms. The molecule has 2 aliphatic heterocycles. The van der Waals surface area contributed by atoms with Gasteiger partial charge in [-0.2, -0.15) is 0 Å². The van der Waals surface area contributed by atoms with Crippen molar-refractivity contribution in [3.05, 3.63) is 51.8 Å². The number of H-pyrrole nitrogens is 2. The minimum Gasteiger partial charge on any atom is -0.380 e. The number of imidazole rings is 1. The third-order valence-corrected chi connectivity index (χ3v) is 7.43. The quantitative estimate of drug-likeness (QED) is 0.348. The lowest BCUT2D eigenvalue weighted by Gasteiger charge is -2.34. The van der Waals surface area contributed by atoms with E-state index < -0.39 is 0 Å². The average molecular weight is 492 g/mol. The number of benzene rings is 2. The summed E-state index contributed by atoms with van der Waals surface area (Å²) in [5.41, 5.74) is 4.80. The number of nitrogens with one attached hydrogen (secondary N) is 4. The van der Waals surface area contributed by atoms with E-state index in [0.717, 1.165) is 85.4 Å². The van der Waals surface area contributed by atoms with Gasteiger partial charge in [-0.25, -0.2) is 4.98 Å². The van der Waals surface area contributed by atoms with Gasteiger partial charge in [0.15, 0.2) is 0 Å². The number of anilines is 2. The van der Waals surface area contributed by atoms with Crippen molar-refractivity contribution in [2.24, 2.45) is 0 Å². The van der Waals surface area contributed by atoms with Crippen LogP contribution in [-0.4, -0.2) is 72.2 Å². The normalized spacial score (nSPS) is 19.5. The molecule has 0 saturated carbocycles. The van der Waals surface area contributed by atoms with Crippen molar-refractivity contribution >= 4 is 44.9 Å². The molecule has 1 unspecified atom stereocenters. The van der Waals surface area contributed by atoms with E-state index in [0.29, 0.717) is 16.4 Å². The van der Waals surface area contributed by atoms with E-state index in [9.17, 15) is 4.79 Å².